The van der Waals surface area contributed by atoms with Crippen molar-refractivity contribution in [3.8, 4) is 5.75 Å². The van der Waals surface area contributed by atoms with E-state index in [-0.39, 0.29) is 30.3 Å². The smallest absolute Gasteiger partial charge is 0.381 e. The van der Waals surface area contributed by atoms with Crippen LogP contribution in [-0.2, 0) is 6.54 Å². The molecule has 0 saturated carbocycles. The van der Waals surface area contributed by atoms with Crippen molar-refractivity contribution >= 4 is 11.8 Å². The Bertz CT molecular complexity index is 771. The van der Waals surface area contributed by atoms with Crippen LogP contribution in [0.4, 0.5) is 5.82 Å². The Morgan fingerprint density at radius 1 is 1.46 bits per heavy atom. The van der Waals surface area contributed by atoms with Gasteiger partial charge >= 0.3 is 11.8 Å². The zero-order valence-corrected chi connectivity index (χ0v) is 13.2. The third-order valence-electron chi connectivity index (χ3n) is 3.36. The molecule has 24 heavy (non-hydrogen) atoms. The van der Waals surface area contributed by atoms with Crippen LogP contribution < -0.4 is 4.74 Å². The largest absolute Gasteiger partial charge is 0.490 e. The summed E-state index contributed by atoms with van der Waals surface area (Å²) < 4.78 is 6.85. The number of carbonyl (C=O) groups is 1. The van der Waals surface area contributed by atoms with Crippen molar-refractivity contribution in [2.45, 2.75) is 26.5 Å². The minimum atomic E-state index is -1.12. The Morgan fingerprint density at radius 3 is 2.75 bits per heavy atom. The van der Waals surface area contributed by atoms with Gasteiger partial charge in [-0.05, 0) is 34.5 Å². The molecule has 128 valence electrons. The van der Waals surface area contributed by atoms with Crippen LogP contribution in [0.15, 0.2) is 24.4 Å². The highest BCUT2D eigenvalue weighted by Crippen LogP contribution is 2.21. The Kier molecular flexibility index (Phi) is 5.14. The molecule has 1 heterocycles. The first-order valence-corrected chi connectivity index (χ1v) is 7.11. The maximum absolute atomic E-state index is 11.2. The van der Waals surface area contributed by atoms with Crippen molar-refractivity contribution in [1.82, 2.24) is 9.55 Å². The number of ether oxygens (including phenoxy) is 1. The quantitative estimate of drug-likeness (QED) is 0.580. The molecule has 9 heteroatoms. The highest BCUT2D eigenvalue weighted by molar-refractivity contribution is 5.90. The van der Waals surface area contributed by atoms with E-state index in [0.29, 0.717) is 5.82 Å². The summed E-state index contributed by atoms with van der Waals surface area (Å²) in [6.07, 6.45) is 0.244. The SMILES string of the molecule is Cc1ccc(C(=O)O)c(OCC(O)Cn2cc([N+](=O)[O-])nc2C)c1. The lowest BCUT2D eigenvalue weighted by Gasteiger charge is -2.14. The Hall–Kier alpha value is -2.94. The first-order valence-electron chi connectivity index (χ1n) is 7.11. The third-order valence-corrected chi connectivity index (χ3v) is 3.36. The molecule has 1 aromatic carbocycles. The van der Waals surface area contributed by atoms with Gasteiger partial charge in [0.2, 0.25) is 5.82 Å². The summed E-state index contributed by atoms with van der Waals surface area (Å²) in [6, 6.07) is 4.66. The fourth-order valence-electron chi connectivity index (χ4n) is 2.16. The fraction of sp³-hybridized carbons (Fsp3) is 0.333. The first kappa shape index (κ1) is 17.4. The van der Waals surface area contributed by atoms with Gasteiger partial charge in [0.15, 0.2) is 0 Å². The molecule has 0 aliphatic heterocycles. The van der Waals surface area contributed by atoms with Crippen molar-refractivity contribution in [3.63, 3.8) is 0 Å². The molecule has 2 aromatic rings. The number of imidazole rings is 1. The lowest BCUT2D eigenvalue weighted by atomic mass is 10.1. The number of aromatic nitrogens is 2. The standard InChI is InChI=1S/C15H17N3O6/c1-9-3-4-12(15(20)21)13(5-9)24-8-11(19)6-17-7-14(18(22)23)16-10(17)2/h3-5,7,11,19H,6,8H2,1-2H3,(H,20,21). The highest BCUT2D eigenvalue weighted by atomic mass is 16.6. The molecule has 2 rings (SSSR count). The maximum Gasteiger partial charge on any atom is 0.381 e. The van der Waals surface area contributed by atoms with Crippen molar-refractivity contribution < 1.29 is 24.7 Å². The van der Waals surface area contributed by atoms with Crippen LogP contribution in [0.3, 0.4) is 0 Å². The molecule has 0 spiro atoms. The molecule has 0 bridgehead atoms. The van der Waals surface area contributed by atoms with E-state index < -0.39 is 17.0 Å². The summed E-state index contributed by atoms with van der Waals surface area (Å²) in [6.45, 7) is 3.27. The lowest BCUT2D eigenvalue weighted by molar-refractivity contribution is -0.389. The monoisotopic (exact) mass is 335 g/mol. The van der Waals surface area contributed by atoms with E-state index in [2.05, 4.69) is 4.98 Å². The van der Waals surface area contributed by atoms with E-state index in [1.807, 2.05) is 0 Å². The number of rotatable bonds is 7. The third kappa shape index (κ3) is 4.07. The highest BCUT2D eigenvalue weighted by Gasteiger charge is 2.18. The van der Waals surface area contributed by atoms with Gasteiger partial charge in [-0.15, -0.1) is 0 Å². The number of hydrogen-bond acceptors (Lipinski definition) is 6. The minimum Gasteiger partial charge on any atom is -0.490 e. The van der Waals surface area contributed by atoms with Crippen LogP contribution in [0.5, 0.6) is 5.75 Å². The number of aliphatic hydroxyl groups excluding tert-OH is 1. The molecule has 0 amide bonds. The topological polar surface area (TPSA) is 128 Å². The zero-order valence-electron chi connectivity index (χ0n) is 13.2. The van der Waals surface area contributed by atoms with Gasteiger partial charge in [0.1, 0.15) is 30.2 Å². The number of aryl methyl sites for hydroxylation is 2. The molecule has 2 N–H and O–H groups in total. The predicted octanol–water partition coefficient (Wildman–Crippen LogP) is 1.55. The number of benzene rings is 1. The second-order valence-electron chi connectivity index (χ2n) is 5.33. The van der Waals surface area contributed by atoms with Crippen LogP contribution in [-0.4, -0.2) is 43.4 Å². The minimum absolute atomic E-state index is 0.00208. The van der Waals surface area contributed by atoms with Crippen molar-refractivity contribution in [2.24, 2.45) is 0 Å². The van der Waals surface area contributed by atoms with Gasteiger partial charge in [-0.25, -0.2) is 4.79 Å². The van der Waals surface area contributed by atoms with Gasteiger partial charge in [-0.1, -0.05) is 6.07 Å². The normalized spacial score (nSPS) is 12.0. The van der Waals surface area contributed by atoms with Gasteiger partial charge in [0.05, 0.1) is 6.54 Å². The average molecular weight is 335 g/mol. The van der Waals surface area contributed by atoms with E-state index in [1.165, 1.54) is 16.8 Å². The lowest BCUT2D eigenvalue weighted by Crippen LogP contribution is -2.24. The number of hydrogen-bond donors (Lipinski definition) is 2. The summed E-state index contributed by atoms with van der Waals surface area (Å²) in [5, 5.41) is 29.9. The number of aromatic carboxylic acids is 1. The number of carboxylic acid groups (broad SMARTS) is 1. The summed E-state index contributed by atoms with van der Waals surface area (Å²) >= 11 is 0. The second kappa shape index (κ2) is 7.09. The summed E-state index contributed by atoms with van der Waals surface area (Å²) in [7, 11) is 0. The number of aliphatic hydroxyl groups is 1. The number of nitrogens with zero attached hydrogens (tertiary/aromatic N) is 3. The van der Waals surface area contributed by atoms with Gasteiger partial charge < -0.3 is 29.6 Å². The summed E-state index contributed by atoms with van der Waals surface area (Å²) in [5.74, 6) is -0.870. The molecule has 0 fully saturated rings. The summed E-state index contributed by atoms with van der Waals surface area (Å²) in [4.78, 5) is 25.0. The molecule has 0 aliphatic rings. The molecular weight excluding hydrogens is 318 g/mol. The Morgan fingerprint density at radius 2 is 2.17 bits per heavy atom. The molecule has 1 unspecified atom stereocenters. The van der Waals surface area contributed by atoms with E-state index in [0.717, 1.165) is 5.56 Å². The second-order valence-corrected chi connectivity index (χ2v) is 5.33. The first-order chi connectivity index (χ1) is 11.3. The Balaban J connectivity index is 2.04. The van der Waals surface area contributed by atoms with Gasteiger partial charge in [-0.2, -0.15) is 0 Å². The van der Waals surface area contributed by atoms with Crippen LogP contribution in [0.25, 0.3) is 0 Å². The van der Waals surface area contributed by atoms with Gasteiger partial charge in [-0.3, -0.25) is 0 Å². The van der Waals surface area contributed by atoms with E-state index in [9.17, 15) is 20.0 Å². The van der Waals surface area contributed by atoms with Gasteiger partial charge in [0.25, 0.3) is 0 Å². The van der Waals surface area contributed by atoms with Crippen molar-refractivity contribution in [1.29, 1.82) is 0 Å². The predicted molar refractivity (Wildman–Crippen MR) is 83.3 cm³/mol. The van der Waals surface area contributed by atoms with Crippen LogP contribution >= 0.6 is 0 Å². The molecule has 1 aromatic heterocycles. The van der Waals surface area contributed by atoms with Crippen LogP contribution in [0.1, 0.15) is 21.7 Å². The number of carboxylic acids is 1. The van der Waals surface area contributed by atoms with Crippen molar-refractivity contribution in [3.05, 3.63) is 51.5 Å². The number of nitro groups is 1. The molecule has 0 saturated heterocycles. The molecule has 1 atom stereocenters. The maximum atomic E-state index is 11.2. The summed E-state index contributed by atoms with van der Waals surface area (Å²) in [5.41, 5.74) is 0.827. The average Bonchev–Trinajstić information content (AvgIpc) is 2.86. The Labute approximate surface area is 137 Å². The van der Waals surface area contributed by atoms with E-state index in [4.69, 9.17) is 9.84 Å². The molecule has 0 radical (unpaired) electrons. The molecular formula is C15H17N3O6. The molecule has 0 aliphatic carbocycles. The molecule has 9 nitrogen and oxygen atoms in total. The van der Waals surface area contributed by atoms with E-state index >= 15 is 0 Å². The fourth-order valence-corrected chi connectivity index (χ4v) is 2.16. The van der Waals surface area contributed by atoms with Crippen LogP contribution in [0, 0.1) is 24.0 Å². The van der Waals surface area contributed by atoms with Crippen molar-refractivity contribution in [2.75, 3.05) is 6.61 Å². The zero-order chi connectivity index (χ0) is 17.9. The van der Waals surface area contributed by atoms with E-state index in [1.54, 1.807) is 26.0 Å². The van der Waals surface area contributed by atoms with Crippen LogP contribution in [0.2, 0.25) is 0 Å². The van der Waals surface area contributed by atoms with Gasteiger partial charge in [0, 0.05) is 6.92 Å².